The molecule has 9 nitrogen and oxygen atoms in total. The fraction of sp³-hybridized carbons (Fsp3) is 0.375. The molecule has 2 heterocycles. The van der Waals surface area contributed by atoms with Gasteiger partial charge in [-0.2, -0.15) is 0 Å². The molecule has 1 saturated carbocycles. The highest BCUT2D eigenvalue weighted by molar-refractivity contribution is 5.92. The van der Waals surface area contributed by atoms with Crippen LogP contribution in [0.3, 0.4) is 0 Å². The van der Waals surface area contributed by atoms with E-state index < -0.39 is 11.9 Å². The number of primary amides is 1. The molecule has 0 spiro atoms. The number of rotatable bonds is 8. The Labute approximate surface area is 244 Å². The van der Waals surface area contributed by atoms with Crippen molar-refractivity contribution >= 4 is 23.5 Å². The molecular weight excluding hydrogens is 537 g/mol. The number of anilines is 1. The summed E-state index contributed by atoms with van der Waals surface area (Å²) in [5.41, 5.74) is 8.73. The van der Waals surface area contributed by atoms with Crippen LogP contribution in [0.4, 0.5) is 14.9 Å². The Bertz CT molecular complexity index is 1360. The molecule has 1 aliphatic heterocycles. The maximum absolute atomic E-state index is 13.7. The van der Waals surface area contributed by atoms with Crippen LogP contribution in [0.25, 0.3) is 0 Å². The first kappa shape index (κ1) is 29.2. The molecule has 2 aliphatic rings. The lowest BCUT2D eigenvalue weighted by molar-refractivity contribution is -0.131. The first-order chi connectivity index (χ1) is 20.4. The lowest BCUT2D eigenvalue weighted by Gasteiger charge is -2.33. The van der Waals surface area contributed by atoms with Crippen molar-refractivity contribution in [2.24, 2.45) is 11.7 Å². The standard InChI is InChI=1S/C32H36FN5O4/c33-25-11-13-26(14-12-25)38(32(41)37-16-18-42-19-17-37)21-22-7-9-23(10-8-22)27-5-1-2-6-28(27)31(40)36-29(30(34)39)24-4-3-15-35-20-24/h3-4,7-15,20,27-29H,1-2,5-6,16-19,21H2,(H2,34,39)(H,36,40)/t27-,28+,29-/m0/s1. The molecule has 1 aromatic heterocycles. The van der Waals surface area contributed by atoms with E-state index in [0.717, 1.165) is 30.4 Å². The molecule has 42 heavy (non-hydrogen) atoms. The Morgan fingerprint density at radius 1 is 1.02 bits per heavy atom. The summed E-state index contributed by atoms with van der Waals surface area (Å²) in [5.74, 6) is -1.52. The van der Waals surface area contributed by atoms with Crippen LogP contribution in [0, 0.1) is 11.7 Å². The lowest BCUT2D eigenvalue weighted by atomic mass is 9.74. The first-order valence-corrected chi connectivity index (χ1v) is 14.4. The van der Waals surface area contributed by atoms with Crippen LogP contribution in [0.15, 0.2) is 73.1 Å². The molecule has 4 amide bonds. The molecule has 2 aromatic carbocycles. The van der Waals surface area contributed by atoms with Gasteiger partial charge in [0.1, 0.15) is 11.9 Å². The Balaban J connectivity index is 1.32. The minimum Gasteiger partial charge on any atom is -0.378 e. The zero-order valence-electron chi connectivity index (χ0n) is 23.5. The van der Waals surface area contributed by atoms with E-state index in [0.29, 0.717) is 50.5 Å². The number of halogens is 1. The summed E-state index contributed by atoms with van der Waals surface area (Å²) in [7, 11) is 0. The number of pyridine rings is 1. The van der Waals surface area contributed by atoms with E-state index in [1.54, 1.807) is 40.3 Å². The third-order valence-corrected chi connectivity index (χ3v) is 8.09. The smallest absolute Gasteiger partial charge is 0.324 e. The molecule has 0 unspecified atom stereocenters. The van der Waals surface area contributed by atoms with Gasteiger partial charge < -0.3 is 20.7 Å². The van der Waals surface area contributed by atoms with Gasteiger partial charge in [0.25, 0.3) is 0 Å². The zero-order chi connectivity index (χ0) is 29.5. The van der Waals surface area contributed by atoms with Gasteiger partial charge in [0.2, 0.25) is 11.8 Å². The van der Waals surface area contributed by atoms with Crippen LogP contribution in [0.1, 0.15) is 54.3 Å². The number of nitrogens with zero attached hydrogens (tertiary/aromatic N) is 3. The van der Waals surface area contributed by atoms with Crippen molar-refractivity contribution in [2.45, 2.75) is 44.2 Å². The summed E-state index contributed by atoms with van der Waals surface area (Å²) >= 11 is 0. The fourth-order valence-corrected chi connectivity index (χ4v) is 5.83. The molecular formula is C32H36FN5O4. The van der Waals surface area contributed by atoms with E-state index in [-0.39, 0.29) is 29.6 Å². The Morgan fingerprint density at radius 3 is 2.40 bits per heavy atom. The van der Waals surface area contributed by atoms with Crippen LogP contribution in [-0.4, -0.2) is 54.0 Å². The molecule has 0 bridgehead atoms. The highest BCUT2D eigenvalue weighted by atomic mass is 19.1. The molecule has 10 heteroatoms. The van der Waals surface area contributed by atoms with Crippen LogP contribution in [0.5, 0.6) is 0 Å². The van der Waals surface area contributed by atoms with Crippen molar-refractivity contribution < 1.29 is 23.5 Å². The predicted octanol–water partition coefficient (Wildman–Crippen LogP) is 4.30. The van der Waals surface area contributed by atoms with E-state index in [4.69, 9.17) is 10.5 Å². The number of morpholine rings is 1. The summed E-state index contributed by atoms with van der Waals surface area (Å²) in [5, 5.41) is 2.87. The van der Waals surface area contributed by atoms with E-state index >= 15 is 0 Å². The van der Waals surface area contributed by atoms with Gasteiger partial charge in [0.05, 0.1) is 19.8 Å². The number of amides is 4. The van der Waals surface area contributed by atoms with Gasteiger partial charge in [0, 0.05) is 42.7 Å². The van der Waals surface area contributed by atoms with Gasteiger partial charge in [0.15, 0.2) is 0 Å². The molecule has 5 rings (SSSR count). The molecule has 3 N–H and O–H groups in total. The predicted molar refractivity (Wildman–Crippen MR) is 156 cm³/mol. The van der Waals surface area contributed by atoms with Crippen molar-refractivity contribution in [3.05, 3.63) is 95.6 Å². The van der Waals surface area contributed by atoms with Crippen LogP contribution < -0.4 is 16.0 Å². The monoisotopic (exact) mass is 573 g/mol. The number of aromatic nitrogens is 1. The number of urea groups is 1. The number of carbonyl (C=O) groups is 3. The minimum absolute atomic E-state index is 0.0154. The maximum Gasteiger partial charge on any atom is 0.324 e. The quantitative estimate of drug-likeness (QED) is 0.417. The summed E-state index contributed by atoms with van der Waals surface area (Å²) in [6, 6.07) is 16.2. The Kier molecular flexibility index (Phi) is 9.43. The van der Waals surface area contributed by atoms with Crippen molar-refractivity contribution in [1.29, 1.82) is 0 Å². The second kappa shape index (κ2) is 13.6. The van der Waals surface area contributed by atoms with E-state index in [9.17, 15) is 18.8 Å². The fourth-order valence-electron chi connectivity index (χ4n) is 5.83. The second-order valence-corrected chi connectivity index (χ2v) is 10.8. The normalized spacial score (nSPS) is 19.5. The van der Waals surface area contributed by atoms with Crippen molar-refractivity contribution in [2.75, 3.05) is 31.2 Å². The van der Waals surface area contributed by atoms with Crippen LogP contribution in [0.2, 0.25) is 0 Å². The molecule has 1 aliphatic carbocycles. The highest BCUT2D eigenvalue weighted by Gasteiger charge is 2.34. The molecule has 2 fully saturated rings. The van der Waals surface area contributed by atoms with Crippen molar-refractivity contribution in [3.63, 3.8) is 0 Å². The topological polar surface area (TPSA) is 118 Å². The minimum atomic E-state index is -0.947. The average Bonchev–Trinajstić information content (AvgIpc) is 3.03. The number of nitrogens with two attached hydrogens (primary N) is 1. The summed E-state index contributed by atoms with van der Waals surface area (Å²) in [6.45, 7) is 2.27. The third-order valence-electron chi connectivity index (χ3n) is 8.09. The lowest BCUT2D eigenvalue weighted by Crippen LogP contribution is -2.48. The molecule has 3 aromatic rings. The molecule has 3 atom stereocenters. The third kappa shape index (κ3) is 6.94. The molecule has 0 radical (unpaired) electrons. The largest absolute Gasteiger partial charge is 0.378 e. The van der Waals surface area contributed by atoms with E-state index in [1.807, 2.05) is 24.3 Å². The SMILES string of the molecule is NC(=O)[C@@H](NC(=O)[C@@H]1CCCC[C@H]1c1ccc(CN(C(=O)N2CCOCC2)c2ccc(F)cc2)cc1)c1cccnc1. The van der Waals surface area contributed by atoms with Crippen LogP contribution in [-0.2, 0) is 20.9 Å². The summed E-state index contributed by atoms with van der Waals surface area (Å²) in [6.07, 6.45) is 6.63. The van der Waals surface area contributed by atoms with Crippen molar-refractivity contribution in [3.8, 4) is 0 Å². The Hall–Kier alpha value is -4.31. The highest BCUT2D eigenvalue weighted by Crippen LogP contribution is 2.38. The van der Waals surface area contributed by atoms with Gasteiger partial charge in [-0.15, -0.1) is 0 Å². The number of hydrogen-bond donors (Lipinski definition) is 2. The van der Waals surface area contributed by atoms with Gasteiger partial charge in [-0.05, 0) is 60.2 Å². The number of carbonyl (C=O) groups excluding carboxylic acids is 3. The molecule has 220 valence electrons. The van der Waals surface area contributed by atoms with Gasteiger partial charge in [-0.3, -0.25) is 19.5 Å². The maximum atomic E-state index is 13.7. The number of ether oxygens (including phenoxy) is 1. The number of nitrogens with one attached hydrogen (secondary N) is 1. The van der Waals surface area contributed by atoms with Gasteiger partial charge >= 0.3 is 6.03 Å². The summed E-state index contributed by atoms with van der Waals surface area (Å²) in [4.78, 5) is 46.6. The first-order valence-electron chi connectivity index (χ1n) is 14.4. The van der Waals surface area contributed by atoms with Gasteiger partial charge in [-0.1, -0.05) is 43.2 Å². The molecule has 1 saturated heterocycles. The second-order valence-electron chi connectivity index (χ2n) is 10.8. The summed E-state index contributed by atoms with van der Waals surface area (Å²) < 4.78 is 19.1. The van der Waals surface area contributed by atoms with Crippen LogP contribution >= 0.6 is 0 Å². The Morgan fingerprint density at radius 2 is 1.74 bits per heavy atom. The van der Waals surface area contributed by atoms with Crippen molar-refractivity contribution in [1.82, 2.24) is 15.2 Å². The zero-order valence-corrected chi connectivity index (χ0v) is 23.5. The average molecular weight is 574 g/mol. The number of benzene rings is 2. The van der Waals surface area contributed by atoms with Gasteiger partial charge in [-0.25, -0.2) is 9.18 Å². The van der Waals surface area contributed by atoms with E-state index in [2.05, 4.69) is 10.3 Å². The number of hydrogen-bond acceptors (Lipinski definition) is 5. The van der Waals surface area contributed by atoms with E-state index in [1.165, 1.54) is 18.3 Å².